The Labute approximate surface area is 178 Å². The molecule has 3 rings (SSSR count). The summed E-state index contributed by atoms with van der Waals surface area (Å²) in [7, 11) is 1.59. The number of carbonyl (C=O) groups is 2. The summed E-state index contributed by atoms with van der Waals surface area (Å²) in [5.41, 5.74) is 7.75. The Morgan fingerprint density at radius 2 is 2.10 bits per heavy atom. The first-order valence-corrected chi connectivity index (χ1v) is 10.4. The van der Waals surface area contributed by atoms with E-state index in [0.29, 0.717) is 44.0 Å². The van der Waals surface area contributed by atoms with E-state index in [1.54, 1.807) is 30.8 Å². The van der Waals surface area contributed by atoms with E-state index in [9.17, 15) is 9.59 Å². The number of thiazole rings is 1. The highest BCUT2D eigenvalue weighted by Crippen LogP contribution is 2.23. The zero-order valence-electron chi connectivity index (χ0n) is 16.9. The van der Waals surface area contributed by atoms with E-state index in [2.05, 4.69) is 15.6 Å². The molecule has 2 heterocycles. The molecule has 0 atom stereocenters. The summed E-state index contributed by atoms with van der Waals surface area (Å²) in [6, 6.07) is 0. The number of primary amides is 1. The monoisotopic (exact) mass is 431 g/mol. The molecule has 2 amide bonds. The number of hydrogen-bond acceptors (Lipinski definition) is 8. The number of hydrogen-bond donors (Lipinski definition) is 4. The maximum absolute atomic E-state index is 13.0. The van der Waals surface area contributed by atoms with Crippen molar-refractivity contribution in [3.63, 3.8) is 0 Å². The van der Waals surface area contributed by atoms with E-state index in [1.807, 2.05) is 6.92 Å². The Kier molecular flexibility index (Phi) is 6.68. The molecule has 0 spiro atoms. The standard InChI is InChI=1S/C20H25N5O4S/c1-12-16(30-11-24-12)10-29-13-3-4-15(21)14(9-13)17(23-2)18(26)25-20(19(22)27)5-7-28-8-6-20/h3-4,9,11,21,23H,5-8,10H2,1-2H3,(H2,22,27)(H,25,26)/b17-14-,21-15?. The summed E-state index contributed by atoms with van der Waals surface area (Å²) < 4.78 is 11.1. The first kappa shape index (κ1) is 21.7. The van der Waals surface area contributed by atoms with Crippen LogP contribution in [0.2, 0.25) is 0 Å². The van der Waals surface area contributed by atoms with Gasteiger partial charge in [-0.05, 0) is 25.2 Å². The number of aryl methyl sites for hydroxylation is 1. The van der Waals surface area contributed by atoms with Gasteiger partial charge in [-0.3, -0.25) is 9.59 Å². The number of likely N-dealkylation sites (N-methyl/N-ethyl adjacent to an activating group) is 1. The molecule has 1 aliphatic heterocycles. The van der Waals surface area contributed by atoms with E-state index in [-0.39, 0.29) is 11.4 Å². The van der Waals surface area contributed by atoms with Gasteiger partial charge in [0.15, 0.2) is 0 Å². The highest BCUT2D eigenvalue weighted by Gasteiger charge is 2.40. The van der Waals surface area contributed by atoms with Crippen LogP contribution in [0.15, 0.2) is 40.8 Å². The highest BCUT2D eigenvalue weighted by atomic mass is 32.1. The van der Waals surface area contributed by atoms with Crippen molar-refractivity contribution in [2.24, 2.45) is 5.73 Å². The Balaban J connectivity index is 1.82. The smallest absolute Gasteiger partial charge is 0.268 e. The summed E-state index contributed by atoms with van der Waals surface area (Å²) in [5, 5.41) is 13.9. The topological polar surface area (TPSA) is 139 Å². The number of allylic oxidation sites excluding steroid dienone is 4. The van der Waals surface area contributed by atoms with E-state index >= 15 is 0 Å². The second-order valence-corrected chi connectivity index (χ2v) is 7.93. The lowest BCUT2D eigenvalue weighted by molar-refractivity contribution is -0.134. The van der Waals surface area contributed by atoms with Crippen LogP contribution < -0.4 is 16.4 Å². The van der Waals surface area contributed by atoms with Crippen molar-refractivity contribution >= 4 is 28.9 Å². The summed E-state index contributed by atoms with van der Waals surface area (Å²) in [6.07, 6.45) is 5.47. The van der Waals surface area contributed by atoms with E-state index in [0.717, 1.165) is 10.6 Å². The zero-order valence-corrected chi connectivity index (χ0v) is 17.7. The van der Waals surface area contributed by atoms with Crippen LogP contribution in [0.1, 0.15) is 23.4 Å². The Bertz CT molecular complexity index is 941. The van der Waals surface area contributed by atoms with Gasteiger partial charge in [-0.2, -0.15) is 0 Å². The minimum Gasteiger partial charge on any atom is -0.488 e. The lowest BCUT2D eigenvalue weighted by Crippen LogP contribution is -2.61. The molecule has 5 N–H and O–H groups in total. The number of nitrogens with two attached hydrogens (primary N) is 1. The third kappa shape index (κ3) is 4.60. The van der Waals surface area contributed by atoms with Crippen molar-refractivity contribution in [1.29, 1.82) is 5.41 Å². The van der Waals surface area contributed by atoms with E-state index in [1.165, 1.54) is 11.3 Å². The summed E-state index contributed by atoms with van der Waals surface area (Å²) in [4.78, 5) is 30.3. The molecule has 1 fully saturated rings. The van der Waals surface area contributed by atoms with Gasteiger partial charge in [0.05, 0.1) is 21.8 Å². The Morgan fingerprint density at radius 3 is 2.70 bits per heavy atom. The van der Waals surface area contributed by atoms with Gasteiger partial charge < -0.3 is 31.3 Å². The summed E-state index contributed by atoms with van der Waals surface area (Å²) >= 11 is 1.50. The largest absolute Gasteiger partial charge is 0.488 e. The number of carbonyl (C=O) groups excluding carboxylic acids is 2. The fourth-order valence-electron chi connectivity index (χ4n) is 3.24. The van der Waals surface area contributed by atoms with Crippen molar-refractivity contribution in [3.05, 3.63) is 51.3 Å². The summed E-state index contributed by atoms with van der Waals surface area (Å²) in [5.74, 6) is -0.593. The predicted octanol–water partition coefficient (Wildman–Crippen LogP) is 1.07. The molecule has 0 unspecified atom stereocenters. The number of rotatable bonds is 7. The molecule has 30 heavy (non-hydrogen) atoms. The molecular weight excluding hydrogens is 406 g/mol. The normalized spacial score (nSPS) is 19.7. The average Bonchev–Trinajstić information content (AvgIpc) is 3.14. The van der Waals surface area contributed by atoms with Gasteiger partial charge in [-0.15, -0.1) is 11.3 Å². The molecule has 10 heteroatoms. The third-order valence-electron chi connectivity index (χ3n) is 5.12. The van der Waals surface area contributed by atoms with Gasteiger partial charge in [-0.25, -0.2) is 4.98 Å². The lowest BCUT2D eigenvalue weighted by atomic mass is 9.88. The van der Waals surface area contributed by atoms with Crippen LogP contribution in [0.4, 0.5) is 0 Å². The van der Waals surface area contributed by atoms with Crippen molar-refractivity contribution in [2.75, 3.05) is 20.3 Å². The minimum atomic E-state index is -1.17. The Morgan fingerprint density at radius 1 is 1.37 bits per heavy atom. The first-order valence-electron chi connectivity index (χ1n) is 9.49. The van der Waals surface area contributed by atoms with Gasteiger partial charge in [0.2, 0.25) is 5.91 Å². The van der Waals surface area contributed by atoms with Crippen LogP contribution >= 0.6 is 11.3 Å². The van der Waals surface area contributed by atoms with Gasteiger partial charge in [-0.1, -0.05) is 0 Å². The third-order valence-corrected chi connectivity index (χ3v) is 6.03. The second-order valence-electron chi connectivity index (χ2n) is 6.99. The molecule has 160 valence electrons. The Hall–Kier alpha value is -2.98. The molecule has 1 aromatic heterocycles. The van der Waals surface area contributed by atoms with Crippen LogP contribution in [0.3, 0.4) is 0 Å². The quantitative estimate of drug-likeness (QED) is 0.476. The molecule has 0 aromatic carbocycles. The van der Waals surface area contributed by atoms with Crippen molar-refractivity contribution in [1.82, 2.24) is 15.6 Å². The molecule has 0 bridgehead atoms. The molecule has 1 saturated heterocycles. The maximum atomic E-state index is 13.0. The molecule has 0 saturated carbocycles. The molecular formula is C20H25N5O4S. The SMILES string of the molecule is CN/C(C(=O)NC1(C(N)=O)CCOCC1)=C1/C=C(OCc2scnc2C)C=CC1=N. The molecule has 1 aromatic rings. The molecule has 9 nitrogen and oxygen atoms in total. The van der Waals surface area contributed by atoms with Gasteiger partial charge >= 0.3 is 0 Å². The second kappa shape index (κ2) is 9.23. The zero-order chi connectivity index (χ0) is 21.7. The minimum absolute atomic E-state index is 0.149. The van der Waals surface area contributed by atoms with Gasteiger partial charge in [0.1, 0.15) is 23.6 Å². The molecule has 0 radical (unpaired) electrons. The number of nitrogens with zero attached hydrogens (tertiary/aromatic N) is 1. The summed E-state index contributed by atoms with van der Waals surface area (Å²) in [6.45, 7) is 2.93. The van der Waals surface area contributed by atoms with Crippen LogP contribution in [0.25, 0.3) is 0 Å². The van der Waals surface area contributed by atoms with Gasteiger partial charge in [0, 0.05) is 38.7 Å². The lowest BCUT2D eigenvalue weighted by Gasteiger charge is -2.35. The number of aromatic nitrogens is 1. The van der Waals surface area contributed by atoms with Crippen LogP contribution in [-0.2, 0) is 25.7 Å². The predicted molar refractivity (Wildman–Crippen MR) is 113 cm³/mol. The molecule has 2 aliphatic rings. The number of nitrogens with one attached hydrogen (secondary N) is 3. The van der Waals surface area contributed by atoms with Crippen molar-refractivity contribution in [2.45, 2.75) is 31.9 Å². The molecule has 1 aliphatic carbocycles. The van der Waals surface area contributed by atoms with Crippen LogP contribution in [-0.4, -0.2) is 48.3 Å². The van der Waals surface area contributed by atoms with Crippen LogP contribution in [0.5, 0.6) is 0 Å². The first-order chi connectivity index (χ1) is 14.4. The highest BCUT2D eigenvalue weighted by molar-refractivity contribution is 7.09. The van der Waals surface area contributed by atoms with Crippen molar-refractivity contribution < 1.29 is 19.1 Å². The number of amides is 2. The van der Waals surface area contributed by atoms with E-state index in [4.69, 9.17) is 20.6 Å². The fraction of sp³-hybridized carbons (Fsp3) is 0.400. The fourth-order valence-corrected chi connectivity index (χ4v) is 3.93. The van der Waals surface area contributed by atoms with Gasteiger partial charge in [0.25, 0.3) is 5.91 Å². The van der Waals surface area contributed by atoms with Crippen molar-refractivity contribution in [3.8, 4) is 0 Å². The van der Waals surface area contributed by atoms with Crippen LogP contribution in [0, 0.1) is 12.3 Å². The average molecular weight is 432 g/mol. The maximum Gasteiger partial charge on any atom is 0.268 e. The number of ether oxygens (including phenoxy) is 2. The van der Waals surface area contributed by atoms with E-state index < -0.39 is 17.4 Å².